The molecule has 0 saturated heterocycles. The quantitative estimate of drug-likeness (QED) is 0.102. The standard InChI is InChI=1S/C37H73N3O4/c1-5-33(43-25-10-7-21-39)35-31-15-14-30(28(2)13-12-23-41)37(31,4)34(44-26-11-8-22-40)27-32(35)36(3)18-16-29(17-19-36)42-24-9-6-20-38/h28-35,41H,5-27,38-40H2,1-4H3/t28-,29?,30-,31+,32+,33-,34+,35?,36?,37-/m1/s1. The SMILES string of the molecule is CC[C@@H](OCCCCN)C1[C@@H](C2(C)CCC(OCCCCN)CC2)C[C@H](OCCCCN)[C@]2(C)[C@@H]([C@H](C)CCCO)CC[C@@H]12. The monoisotopic (exact) mass is 624 g/mol. The zero-order valence-electron chi connectivity index (χ0n) is 29.3. The van der Waals surface area contributed by atoms with Crippen molar-refractivity contribution in [3.05, 3.63) is 0 Å². The number of unbranched alkanes of at least 4 members (excludes halogenated alkanes) is 3. The fraction of sp³-hybridized carbons (Fsp3) is 1.00. The Hall–Kier alpha value is -0.280. The van der Waals surface area contributed by atoms with E-state index in [0.29, 0.717) is 35.7 Å². The summed E-state index contributed by atoms with van der Waals surface area (Å²) in [4.78, 5) is 0. The first-order valence-corrected chi connectivity index (χ1v) is 18.9. The predicted molar refractivity (Wildman–Crippen MR) is 182 cm³/mol. The molecular formula is C37H73N3O4. The van der Waals surface area contributed by atoms with Gasteiger partial charge in [-0.05, 0) is 157 Å². The molecule has 3 saturated carbocycles. The number of aliphatic hydroxyl groups is 1. The van der Waals surface area contributed by atoms with Gasteiger partial charge in [-0.15, -0.1) is 0 Å². The highest BCUT2D eigenvalue weighted by atomic mass is 16.5. The Labute approximate surface area is 271 Å². The van der Waals surface area contributed by atoms with Crippen LogP contribution in [0.4, 0.5) is 0 Å². The minimum absolute atomic E-state index is 0.118. The van der Waals surface area contributed by atoms with E-state index in [9.17, 15) is 5.11 Å². The minimum Gasteiger partial charge on any atom is -0.396 e. The van der Waals surface area contributed by atoms with Crippen LogP contribution in [0, 0.1) is 40.4 Å². The summed E-state index contributed by atoms with van der Waals surface area (Å²) < 4.78 is 20.3. The van der Waals surface area contributed by atoms with E-state index in [4.69, 9.17) is 31.4 Å². The molecular weight excluding hydrogens is 550 g/mol. The maximum Gasteiger partial charge on any atom is 0.0637 e. The number of aliphatic hydroxyl groups excluding tert-OH is 1. The summed E-state index contributed by atoms with van der Waals surface area (Å²) in [5, 5.41) is 9.67. The third-order valence-corrected chi connectivity index (χ3v) is 12.6. The van der Waals surface area contributed by atoms with E-state index in [1.54, 1.807) is 0 Å². The van der Waals surface area contributed by atoms with Crippen LogP contribution in [0.3, 0.4) is 0 Å². The number of rotatable bonds is 22. The maximum absolute atomic E-state index is 9.67. The molecule has 0 bridgehead atoms. The Bertz CT molecular complexity index is 763. The molecule has 3 rings (SSSR count). The lowest BCUT2D eigenvalue weighted by molar-refractivity contribution is -0.192. The first-order chi connectivity index (χ1) is 21.3. The lowest BCUT2D eigenvalue weighted by Crippen LogP contribution is -2.59. The number of hydrogen-bond acceptors (Lipinski definition) is 7. The third kappa shape index (κ3) is 9.64. The Morgan fingerprint density at radius 1 is 0.773 bits per heavy atom. The first kappa shape index (κ1) is 38.2. The van der Waals surface area contributed by atoms with Crippen molar-refractivity contribution in [1.82, 2.24) is 0 Å². The van der Waals surface area contributed by atoms with Crippen molar-refractivity contribution in [2.24, 2.45) is 57.6 Å². The van der Waals surface area contributed by atoms with Crippen LogP contribution in [-0.2, 0) is 14.2 Å². The van der Waals surface area contributed by atoms with E-state index in [1.165, 1.54) is 25.7 Å². The van der Waals surface area contributed by atoms with E-state index < -0.39 is 0 Å². The van der Waals surface area contributed by atoms with Crippen molar-refractivity contribution < 1.29 is 19.3 Å². The van der Waals surface area contributed by atoms with Gasteiger partial charge in [0.25, 0.3) is 0 Å². The van der Waals surface area contributed by atoms with Crippen molar-refractivity contribution in [1.29, 1.82) is 0 Å². The molecule has 3 aliphatic carbocycles. The van der Waals surface area contributed by atoms with E-state index in [0.717, 1.165) is 117 Å². The topological polar surface area (TPSA) is 126 Å². The zero-order valence-corrected chi connectivity index (χ0v) is 29.3. The van der Waals surface area contributed by atoms with Gasteiger partial charge in [0, 0.05) is 31.8 Å². The zero-order chi connectivity index (χ0) is 32.0. The van der Waals surface area contributed by atoms with Gasteiger partial charge in [-0.25, -0.2) is 0 Å². The van der Waals surface area contributed by atoms with Gasteiger partial charge in [-0.3, -0.25) is 0 Å². The molecule has 0 aliphatic heterocycles. The molecule has 7 nitrogen and oxygen atoms in total. The molecule has 260 valence electrons. The number of ether oxygens (including phenoxy) is 3. The van der Waals surface area contributed by atoms with Gasteiger partial charge in [0.1, 0.15) is 0 Å². The molecule has 0 spiro atoms. The first-order valence-electron chi connectivity index (χ1n) is 18.9. The second kappa shape index (κ2) is 19.5. The molecule has 0 aromatic rings. The smallest absolute Gasteiger partial charge is 0.0637 e. The molecule has 7 heteroatoms. The average molecular weight is 624 g/mol. The second-order valence-electron chi connectivity index (χ2n) is 15.3. The van der Waals surface area contributed by atoms with E-state index >= 15 is 0 Å². The van der Waals surface area contributed by atoms with E-state index in [1.807, 2.05) is 0 Å². The minimum atomic E-state index is 0.118. The molecule has 7 N–H and O–H groups in total. The Balaban J connectivity index is 1.91. The molecule has 44 heavy (non-hydrogen) atoms. The van der Waals surface area contributed by atoms with Gasteiger partial charge in [0.05, 0.1) is 18.3 Å². The lowest BCUT2D eigenvalue weighted by Gasteiger charge is -2.60. The van der Waals surface area contributed by atoms with Crippen LogP contribution in [0.1, 0.15) is 130 Å². The fourth-order valence-electron chi connectivity index (χ4n) is 10.0. The molecule has 0 heterocycles. The van der Waals surface area contributed by atoms with Gasteiger partial charge in [-0.2, -0.15) is 0 Å². The summed E-state index contributed by atoms with van der Waals surface area (Å²) in [5.74, 6) is 2.89. The molecule has 0 aromatic heterocycles. The molecule has 3 fully saturated rings. The van der Waals surface area contributed by atoms with Crippen molar-refractivity contribution in [2.45, 2.75) is 149 Å². The lowest BCUT2D eigenvalue weighted by atomic mass is 9.48. The van der Waals surface area contributed by atoms with Crippen LogP contribution in [0.15, 0.2) is 0 Å². The van der Waals surface area contributed by atoms with Crippen molar-refractivity contribution >= 4 is 0 Å². The third-order valence-electron chi connectivity index (χ3n) is 12.6. The summed E-state index contributed by atoms with van der Waals surface area (Å²) in [5.41, 5.74) is 17.8. The fourth-order valence-corrected chi connectivity index (χ4v) is 10.0. The molecule has 3 aliphatic rings. The molecule has 0 aromatic carbocycles. The van der Waals surface area contributed by atoms with Gasteiger partial charge in [0.2, 0.25) is 0 Å². The number of hydrogen-bond donors (Lipinski definition) is 4. The molecule has 1 unspecified atom stereocenters. The largest absolute Gasteiger partial charge is 0.396 e. The predicted octanol–water partition coefficient (Wildman–Crippen LogP) is 6.43. The highest BCUT2D eigenvalue weighted by Gasteiger charge is 2.63. The summed E-state index contributed by atoms with van der Waals surface area (Å²) in [7, 11) is 0. The summed E-state index contributed by atoms with van der Waals surface area (Å²) in [6, 6.07) is 0. The van der Waals surface area contributed by atoms with Gasteiger partial charge < -0.3 is 36.5 Å². The summed E-state index contributed by atoms with van der Waals surface area (Å²) in [6.45, 7) is 14.9. The van der Waals surface area contributed by atoms with Crippen LogP contribution >= 0.6 is 0 Å². The van der Waals surface area contributed by atoms with Crippen LogP contribution in [0.2, 0.25) is 0 Å². The van der Waals surface area contributed by atoms with Crippen molar-refractivity contribution in [3.63, 3.8) is 0 Å². The van der Waals surface area contributed by atoms with Gasteiger partial charge >= 0.3 is 0 Å². The average Bonchev–Trinajstić information content (AvgIpc) is 3.39. The van der Waals surface area contributed by atoms with Crippen LogP contribution < -0.4 is 17.2 Å². The molecule has 8 atom stereocenters. The van der Waals surface area contributed by atoms with Crippen molar-refractivity contribution in [3.8, 4) is 0 Å². The molecule has 0 amide bonds. The normalized spacial score (nSPS) is 35.5. The van der Waals surface area contributed by atoms with Crippen LogP contribution in [0.25, 0.3) is 0 Å². The van der Waals surface area contributed by atoms with Crippen LogP contribution in [-0.4, -0.2) is 69.5 Å². The highest BCUT2D eigenvalue weighted by Crippen LogP contribution is 2.66. The van der Waals surface area contributed by atoms with Crippen LogP contribution in [0.5, 0.6) is 0 Å². The Kier molecular flexibility index (Phi) is 16.9. The van der Waals surface area contributed by atoms with E-state index in [2.05, 4.69) is 27.7 Å². The second-order valence-corrected chi connectivity index (χ2v) is 15.3. The van der Waals surface area contributed by atoms with Gasteiger partial charge in [-0.1, -0.05) is 27.7 Å². The maximum atomic E-state index is 9.67. The van der Waals surface area contributed by atoms with E-state index in [-0.39, 0.29) is 29.6 Å². The Morgan fingerprint density at radius 2 is 1.39 bits per heavy atom. The summed E-state index contributed by atoms with van der Waals surface area (Å²) >= 11 is 0. The van der Waals surface area contributed by atoms with Crippen molar-refractivity contribution in [2.75, 3.05) is 46.1 Å². The highest BCUT2D eigenvalue weighted by molar-refractivity contribution is 5.12. The summed E-state index contributed by atoms with van der Waals surface area (Å²) in [6.07, 6.45) is 18.6. The van der Waals surface area contributed by atoms with Gasteiger partial charge in [0.15, 0.2) is 0 Å². The number of fused-ring (bicyclic) bond motifs is 1. The Morgan fingerprint density at radius 3 is 1.98 bits per heavy atom. The number of nitrogens with two attached hydrogens (primary N) is 3. The molecule has 0 radical (unpaired) electrons.